The number of aromatic amines is 1. The Morgan fingerprint density at radius 2 is 1.89 bits per heavy atom. The second-order valence-electron chi connectivity index (χ2n) is 7.39. The summed E-state index contributed by atoms with van der Waals surface area (Å²) in [6, 6.07) is 9.37. The minimum atomic E-state index is -0.622. The van der Waals surface area contributed by atoms with Crippen LogP contribution in [0, 0.1) is 5.92 Å². The molecule has 1 saturated carbocycles. The molecular weight excluding hydrogens is 356 g/mol. The Bertz CT molecular complexity index is 927. The van der Waals surface area contributed by atoms with E-state index in [0.29, 0.717) is 18.9 Å². The Kier molecular flexibility index (Phi) is 6.34. The molecule has 0 bridgehead atoms. The van der Waals surface area contributed by atoms with Crippen molar-refractivity contribution in [3.05, 3.63) is 56.7 Å². The van der Waals surface area contributed by atoms with Crippen LogP contribution in [0.3, 0.4) is 0 Å². The number of anilines is 2. The summed E-state index contributed by atoms with van der Waals surface area (Å²) in [5, 5.41) is 0. The highest BCUT2D eigenvalue weighted by Gasteiger charge is 2.24. The number of carbonyl (C=O) groups excluding carboxylic acids is 1. The molecule has 1 aliphatic rings. The van der Waals surface area contributed by atoms with Crippen LogP contribution in [0.5, 0.6) is 0 Å². The van der Waals surface area contributed by atoms with Crippen LogP contribution in [0.1, 0.15) is 51.0 Å². The summed E-state index contributed by atoms with van der Waals surface area (Å²) in [4.78, 5) is 41.4. The van der Waals surface area contributed by atoms with Gasteiger partial charge in [0.25, 0.3) is 5.56 Å². The molecule has 1 heterocycles. The molecule has 28 heavy (non-hydrogen) atoms. The topological polar surface area (TPSA) is 101 Å². The molecule has 0 atom stereocenters. The molecule has 1 aliphatic carbocycles. The van der Waals surface area contributed by atoms with Crippen LogP contribution in [0.2, 0.25) is 0 Å². The van der Waals surface area contributed by atoms with Crippen LogP contribution >= 0.6 is 0 Å². The first kappa shape index (κ1) is 19.9. The number of nitrogens with one attached hydrogen (secondary N) is 1. The van der Waals surface area contributed by atoms with Crippen molar-refractivity contribution in [2.24, 2.45) is 5.92 Å². The van der Waals surface area contributed by atoms with Crippen molar-refractivity contribution in [3.63, 3.8) is 0 Å². The molecule has 7 heteroatoms. The van der Waals surface area contributed by atoms with Gasteiger partial charge in [0, 0.05) is 13.0 Å². The Balaban J connectivity index is 1.88. The van der Waals surface area contributed by atoms with E-state index in [0.717, 1.165) is 12.0 Å². The molecule has 150 valence electrons. The Labute approximate surface area is 164 Å². The van der Waals surface area contributed by atoms with Gasteiger partial charge in [0.1, 0.15) is 5.82 Å². The fraction of sp³-hybridized carbons (Fsp3) is 0.476. The van der Waals surface area contributed by atoms with E-state index in [1.165, 1.54) is 35.2 Å². The van der Waals surface area contributed by atoms with Gasteiger partial charge in [-0.1, -0.05) is 56.0 Å². The number of carbonyl (C=O) groups is 1. The summed E-state index contributed by atoms with van der Waals surface area (Å²) >= 11 is 0. The van der Waals surface area contributed by atoms with Gasteiger partial charge in [0.2, 0.25) is 5.91 Å². The zero-order valence-electron chi connectivity index (χ0n) is 16.3. The van der Waals surface area contributed by atoms with Crippen LogP contribution in [-0.2, 0) is 11.3 Å². The molecule has 1 fully saturated rings. The molecular formula is C21H28N4O3. The third-order valence-electron chi connectivity index (χ3n) is 5.53. The number of H-pyrrole nitrogens is 1. The van der Waals surface area contributed by atoms with Crippen molar-refractivity contribution < 1.29 is 4.79 Å². The molecule has 1 amide bonds. The number of aromatic nitrogens is 2. The first-order valence-corrected chi connectivity index (χ1v) is 9.98. The van der Waals surface area contributed by atoms with Gasteiger partial charge >= 0.3 is 5.69 Å². The number of amides is 1. The van der Waals surface area contributed by atoms with E-state index in [1.807, 2.05) is 30.3 Å². The van der Waals surface area contributed by atoms with Crippen molar-refractivity contribution in [3.8, 4) is 0 Å². The lowest BCUT2D eigenvalue weighted by molar-refractivity contribution is -0.118. The maximum Gasteiger partial charge on any atom is 0.330 e. The van der Waals surface area contributed by atoms with Gasteiger partial charge in [0.15, 0.2) is 5.69 Å². The molecule has 1 aromatic heterocycles. The minimum absolute atomic E-state index is 0.0219. The monoisotopic (exact) mass is 384 g/mol. The van der Waals surface area contributed by atoms with Crippen molar-refractivity contribution >= 4 is 17.4 Å². The number of hydrogen-bond acceptors (Lipinski definition) is 4. The van der Waals surface area contributed by atoms with Crippen molar-refractivity contribution in [2.75, 3.05) is 17.2 Å². The Hall–Kier alpha value is -2.83. The van der Waals surface area contributed by atoms with Crippen LogP contribution in [0.4, 0.5) is 11.5 Å². The van der Waals surface area contributed by atoms with Crippen LogP contribution in [0.25, 0.3) is 0 Å². The van der Waals surface area contributed by atoms with E-state index in [4.69, 9.17) is 5.73 Å². The molecule has 3 rings (SSSR count). The minimum Gasteiger partial charge on any atom is -0.383 e. The SMILES string of the molecule is CCN(C(=O)CCC1CCCC1)c1c(N)n(Cc2ccccc2)c(=O)[nH]c1=O. The molecule has 7 nitrogen and oxygen atoms in total. The summed E-state index contributed by atoms with van der Waals surface area (Å²) in [6.45, 7) is 2.35. The van der Waals surface area contributed by atoms with Crippen molar-refractivity contribution in [1.82, 2.24) is 9.55 Å². The molecule has 0 spiro atoms. The highest BCUT2D eigenvalue weighted by Crippen LogP contribution is 2.29. The first-order valence-electron chi connectivity index (χ1n) is 9.98. The third kappa shape index (κ3) is 4.35. The highest BCUT2D eigenvalue weighted by molar-refractivity contribution is 5.95. The van der Waals surface area contributed by atoms with Gasteiger partial charge in [0.05, 0.1) is 6.54 Å². The number of rotatable bonds is 7. The molecule has 0 saturated heterocycles. The summed E-state index contributed by atoms with van der Waals surface area (Å²) in [5.74, 6) is 0.482. The van der Waals surface area contributed by atoms with Crippen molar-refractivity contribution in [2.45, 2.75) is 52.0 Å². The van der Waals surface area contributed by atoms with Crippen LogP contribution in [-0.4, -0.2) is 22.0 Å². The van der Waals surface area contributed by atoms with E-state index in [2.05, 4.69) is 4.98 Å². The second kappa shape index (κ2) is 8.91. The molecule has 3 N–H and O–H groups in total. The Morgan fingerprint density at radius 1 is 1.21 bits per heavy atom. The molecule has 2 aromatic rings. The number of nitrogen functional groups attached to an aromatic ring is 1. The van der Waals surface area contributed by atoms with E-state index in [1.54, 1.807) is 6.92 Å². The first-order chi connectivity index (χ1) is 13.5. The summed E-state index contributed by atoms with van der Waals surface area (Å²) in [6.07, 6.45) is 6.01. The van der Waals surface area contributed by atoms with E-state index < -0.39 is 11.2 Å². The fourth-order valence-corrected chi connectivity index (χ4v) is 3.98. The van der Waals surface area contributed by atoms with Crippen molar-refractivity contribution in [1.29, 1.82) is 0 Å². The van der Waals surface area contributed by atoms with Gasteiger partial charge in [-0.25, -0.2) is 4.79 Å². The largest absolute Gasteiger partial charge is 0.383 e. The lowest BCUT2D eigenvalue weighted by Crippen LogP contribution is -2.41. The lowest BCUT2D eigenvalue weighted by atomic mass is 10.0. The number of nitrogens with two attached hydrogens (primary N) is 1. The predicted molar refractivity (Wildman–Crippen MR) is 110 cm³/mol. The molecule has 1 aromatic carbocycles. The molecule has 0 radical (unpaired) electrons. The van der Waals surface area contributed by atoms with E-state index >= 15 is 0 Å². The zero-order valence-corrected chi connectivity index (χ0v) is 16.3. The molecule has 0 aliphatic heterocycles. The van der Waals surface area contributed by atoms with Gasteiger partial charge in [-0.05, 0) is 24.8 Å². The smallest absolute Gasteiger partial charge is 0.330 e. The van der Waals surface area contributed by atoms with Crippen LogP contribution in [0.15, 0.2) is 39.9 Å². The van der Waals surface area contributed by atoms with E-state index in [-0.39, 0.29) is 24.0 Å². The number of benzene rings is 1. The summed E-state index contributed by atoms with van der Waals surface area (Å²) in [7, 11) is 0. The average Bonchev–Trinajstić information content (AvgIpc) is 3.21. The Morgan fingerprint density at radius 3 is 2.54 bits per heavy atom. The number of nitrogens with zero attached hydrogens (tertiary/aromatic N) is 2. The quantitative estimate of drug-likeness (QED) is 0.766. The zero-order chi connectivity index (χ0) is 20.1. The van der Waals surface area contributed by atoms with Gasteiger partial charge in [-0.2, -0.15) is 0 Å². The van der Waals surface area contributed by atoms with Gasteiger partial charge in [-0.3, -0.25) is 19.1 Å². The lowest BCUT2D eigenvalue weighted by Gasteiger charge is -2.23. The average molecular weight is 384 g/mol. The fourth-order valence-electron chi connectivity index (χ4n) is 3.98. The third-order valence-corrected chi connectivity index (χ3v) is 5.53. The maximum absolute atomic E-state index is 12.8. The van der Waals surface area contributed by atoms with Gasteiger partial charge < -0.3 is 10.6 Å². The van der Waals surface area contributed by atoms with E-state index in [9.17, 15) is 14.4 Å². The molecule has 0 unspecified atom stereocenters. The van der Waals surface area contributed by atoms with Crippen LogP contribution < -0.4 is 21.9 Å². The second-order valence-corrected chi connectivity index (χ2v) is 7.39. The maximum atomic E-state index is 12.8. The van der Waals surface area contributed by atoms with Gasteiger partial charge in [-0.15, -0.1) is 0 Å². The highest BCUT2D eigenvalue weighted by atomic mass is 16.2. The summed E-state index contributed by atoms with van der Waals surface area (Å²) in [5.41, 5.74) is 5.96. The number of hydrogen-bond donors (Lipinski definition) is 2. The summed E-state index contributed by atoms with van der Waals surface area (Å²) < 4.78 is 1.30. The normalized spacial score (nSPS) is 14.3. The predicted octanol–water partition coefficient (Wildman–Crippen LogP) is 2.49. The standard InChI is InChI=1S/C21H28N4O3/c1-2-24(17(26)13-12-15-8-6-7-9-15)18-19(22)25(21(28)23-20(18)27)14-16-10-4-3-5-11-16/h3-5,10-11,15H,2,6-9,12-14,22H2,1H3,(H,23,27,28).